The van der Waals surface area contributed by atoms with Crippen LogP contribution in [0.2, 0.25) is 0 Å². The van der Waals surface area contributed by atoms with E-state index in [9.17, 15) is 10.1 Å². The first-order valence-corrected chi connectivity index (χ1v) is 6.90. The van der Waals surface area contributed by atoms with Crippen LogP contribution in [0.1, 0.15) is 12.7 Å². The van der Waals surface area contributed by atoms with Crippen molar-refractivity contribution in [1.29, 1.82) is 0 Å². The molecule has 0 saturated carbocycles. The van der Waals surface area contributed by atoms with E-state index >= 15 is 0 Å². The Labute approximate surface area is 132 Å². The van der Waals surface area contributed by atoms with Crippen LogP contribution in [-0.2, 0) is 6.42 Å². The number of rotatable bonds is 7. The average molecular weight is 322 g/mol. The molecule has 0 aliphatic heterocycles. The lowest BCUT2D eigenvalue weighted by Gasteiger charge is -2.08. The van der Waals surface area contributed by atoms with Gasteiger partial charge in [0.05, 0.1) is 25.2 Å². The first kappa shape index (κ1) is 16.7. The third-order valence-electron chi connectivity index (χ3n) is 3.38. The van der Waals surface area contributed by atoms with E-state index in [2.05, 4.69) is 15.5 Å². The van der Waals surface area contributed by atoms with E-state index in [1.807, 2.05) is 14.0 Å². The van der Waals surface area contributed by atoms with E-state index in [-0.39, 0.29) is 28.9 Å². The molecule has 9 heteroatoms. The van der Waals surface area contributed by atoms with Crippen LogP contribution in [-0.4, -0.2) is 42.4 Å². The molecule has 1 unspecified atom stereocenters. The van der Waals surface area contributed by atoms with Gasteiger partial charge >= 0.3 is 0 Å². The first-order chi connectivity index (χ1) is 11.0. The molecule has 1 aromatic carbocycles. The van der Waals surface area contributed by atoms with Gasteiger partial charge in [0.1, 0.15) is 5.56 Å². The van der Waals surface area contributed by atoms with Crippen molar-refractivity contribution in [2.24, 2.45) is 0 Å². The van der Waals surface area contributed by atoms with Crippen LogP contribution in [0.15, 0.2) is 16.7 Å². The Balaban J connectivity index is 2.47. The minimum absolute atomic E-state index is 0.0657. The molecule has 0 aliphatic rings. The standard InChI is InChI=1S/C14H18N4O5/c1-8(15-2)5-13-16-14(23-17-13)9-6-11(21-3)12(22-4)7-10(9)18(19)20/h6-8,15H,5H2,1-4H3. The molecule has 0 amide bonds. The molecule has 1 heterocycles. The number of hydrogen-bond donors (Lipinski definition) is 1. The largest absolute Gasteiger partial charge is 0.493 e. The zero-order valence-corrected chi connectivity index (χ0v) is 13.3. The van der Waals surface area contributed by atoms with Gasteiger partial charge in [-0.25, -0.2) is 0 Å². The van der Waals surface area contributed by atoms with Gasteiger partial charge in [0.15, 0.2) is 17.3 Å². The van der Waals surface area contributed by atoms with Crippen LogP contribution < -0.4 is 14.8 Å². The fourth-order valence-corrected chi connectivity index (χ4v) is 2.01. The summed E-state index contributed by atoms with van der Waals surface area (Å²) in [6, 6.07) is 2.88. The molecular weight excluding hydrogens is 304 g/mol. The molecule has 1 aromatic heterocycles. The normalized spacial score (nSPS) is 12.0. The second kappa shape index (κ2) is 7.05. The van der Waals surface area contributed by atoms with E-state index in [0.717, 1.165) is 0 Å². The molecule has 0 aliphatic carbocycles. The van der Waals surface area contributed by atoms with Crippen molar-refractivity contribution in [1.82, 2.24) is 15.5 Å². The molecular formula is C14H18N4O5. The molecule has 1 N–H and O–H groups in total. The summed E-state index contributed by atoms with van der Waals surface area (Å²) in [7, 11) is 4.68. The molecule has 0 spiro atoms. The van der Waals surface area contributed by atoms with Gasteiger partial charge in [-0.05, 0) is 14.0 Å². The summed E-state index contributed by atoms with van der Waals surface area (Å²) in [6.45, 7) is 1.97. The maximum atomic E-state index is 11.3. The Kier molecular flexibility index (Phi) is 5.12. The number of ether oxygens (including phenoxy) is 2. The van der Waals surface area contributed by atoms with Crippen molar-refractivity contribution in [2.45, 2.75) is 19.4 Å². The fourth-order valence-electron chi connectivity index (χ4n) is 2.01. The van der Waals surface area contributed by atoms with E-state index in [1.165, 1.54) is 26.4 Å². The maximum Gasteiger partial charge on any atom is 0.286 e. The number of aromatic nitrogens is 2. The van der Waals surface area contributed by atoms with Gasteiger partial charge in [-0.1, -0.05) is 5.16 Å². The second-order valence-corrected chi connectivity index (χ2v) is 4.89. The van der Waals surface area contributed by atoms with Crippen molar-refractivity contribution in [3.8, 4) is 23.0 Å². The maximum absolute atomic E-state index is 11.3. The SMILES string of the molecule is CNC(C)Cc1noc(-c2cc(OC)c(OC)cc2[N+](=O)[O-])n1. The summed E-state index contributed by atoms with van der Waals surface area (Å²) < 4.78 is 15.4. The lowest BCUT2D eigenvalue weighted by Crippen LogP contribution is -2.24. The number of nitrogens with one attached hydrogen (secondary N) is 1. The topological polar surface area (TPSA) is 113 Å². The highest BCUT2D eigenvalue weighted by molar-refractivity contribution is 5.71. The van der Waals surface area contributed by atoms with Crippen LogP contribution in [0.3, 0.4) is 0 Å². The molecule has 0 radical (unpaired) electrons. The van der Waals surface area contributed by atoms with Crippen LogP contribution in [0, 0.1) is 10.1 Å². The van der Waals surface area contributed by atoms with Gasteiger partial charge in [-0.2, -0.15) is 4.98 Å². The van der Waals surface area contributed by atoms with Gasteiger partial charge in [0.25, 0.3) is 11.6 Å². The fraction of sp³-hybridized carbons (Fsp3) is 0.429. The molecule has 0 bridgehead atoms. The van der Waals surface area contributed by atoms with E-state index in [0.29, 0.717) is 18.0 Å². The van der Waals surface area contributed by atoms with E-state index in [1.54, 1.807) is 0 Å². The van der Waals surface area contributed by atoms with Crippen molar-refractivity contribution < 1.29 is 18.9 Å². The van der Waals surface area contributed by atoms with Gasteiger partial charge in [0, 0.05) is 18.5 Å². The van der Waals surface area contributed by atoms with Crippen molar-refractivity contribution in [3.63, 3.8) is 0 Å². The summed E-state index contributed by atoms with van der Waals surface area (Å²) in [6.07, 6.45) is 0.543. The molecule has 2 aromatic rings. The number of nitro groups is 1. The minimum atomic E-state index is -0.530. The minimum Gasteiger partial charge on any atom is -0.493 e. The van der Waals surface area contributed by atoms with Gasteiger partial charge in [0.2, 0.25) is 0 Å². The first-order valence-electron chi connectivity index (χ1n) is 6.90. The lowest BCUT2D eigenvalue weighted by atomic mass is 10.1. The predicted molar refractivity (Wildman–Crippen MR) is 81.7 cm³/mol. The summed E-state index contributed by atoms with van der Waals surface area (Å²) in [5.74, 6) is 1.13. The third-order valence-corrected chi connectivity index (χ3v) is 3.38. The second-order valence-electron chi connectivity index (χ2n) is 4.89. The van der Waals surface area contributed by atoms with Gasteiger partial charge in [-0.3, -0.25) is 10.1 Å². The zero-order chi connectivity index (χ0) is 17.0. The van der Waals surface area contributed by atoms with E-state index < -0.39 is 4.92 Å². The summed E-state index contributed by atoms with van der Waals surface area (Å²) >= 11 is 0. The molecule has 2 rings (SSSR count). The predicted octanol–water partition coefficient (Wildman–Crippen LogP) is 1.81. The lowest BCUT2D eigenvalue weighted by molar-refractivity contribution is -0.384. The number of likely N-dealkylation sites (N-methyl/N-ethyl adjacent to an activating group) is 1. The highest BCUT2D eigenvalue weighted by Gasteiger charge is 2.25. The van der Waals surface area contributed by atoms with E-state index in [4.69, 9.17) is 14.0 Å². The summed E-state index contributed by atoms with van der Waals surface area (Å²) in [4.78, 5) is 15.0. The Morgan fingerprint density at radius 1 is 1.35 bits per heavy atom. The number of methoxy groups -OCH3 is 2. The highest BCUT2D eigenvalue weighted by Crippen LogP contribution is 2.39. The summed E-state index contributed by atoms with van der Waals surface area (Å²) in [5, 5.41) is 18.2. The molecule has 23 heavy (non-hydrogen) atoms. The van der Waals surface area contributed by atoms with Crippen LogP contribution in [0.4, 0.5) is 5.69 Å². The van der Waals surface area contributed by atoms with Gasteiger partial charge < -0.3 is 19.3 Å². The van der Waals surface area contributed by atoms with Crippen LogP contribution in [0.25, 0.3) is 11.5 Å². The molecule has 124 valence electrons. The zero-order valence-electron chi connectivity index (χ0n) is 13.3. The number of nitrogens with zero attached hydrogens (tertiary/aromatic N) is 3. The van der Waals surface area contributed by atoms with Crippen molar-refractivity contribution in [3.05, 3.63) is 28.1 Å². The Bertz CT molecular complexity index is 700. The average Bonchev–Trinajstić information content (AvgIpc) is 3.01. The molecule has 0 saturated heterocycles. The van der Waals surface area contributed by atoms with Gasteiger partial charge in [-0.15, -0.1) is 0 Å². The monoisotopic (exact) mass is 322 g/mol. The van der Waals surface area contributed by atoms with Crippen LogP contribution >= 0.6 is 0 Å². The highest BCUT2D eigenvalue weighted by atomic mass is 16.6. The quantitative estimate of drug-likeness (QED) is 0.606. The Morgan fingerprint density at radius 3 is 2.57 bits per heavy atom. The summed E-state index contributed by atoms with van der Waals surface area (Å²) in [5.41, 5.74) is -0.0111. The molecule has 1 atom stereocenters. The molecule has 9 nitrogen and oxygen atoms in total. The molecule has 0 fully saturated rings. The van der Waals surface area contributed by atoms with Crippen molar-refractivity contribution in [2.75, 3.05) is 21.3 Å². The number of hydrogen-bond acceptors (Lipinski definition) is 8. The number of nitro benzene ring substituents is 1. The smallest absolute Gasteiger partial charge is 0.286 e. The Morgan fingerprint density at radius 2 is 2.00 bits per heavy atom. The van der Waals surface area contributed by atoms with Crippen molar-refractivity contribution >= 4 is 5.69 Å². The Hall–Kier alpha value is -2.68. The third kappa shape index (κ3) is 3.57. The van der Waals surface area contributed by atoms with Crippen LogP contribution in [0.5, 0.6) is 11.5 Å². The number of benzene rings is 1.